The molecule has 9 heteroatoms. The predicted octanol–water partition coefficient (Wildman–Crippen LogP) is 6.60. The molecule has 0 spiro atoms. The summed E-state index contributed by atoms with van der Waals surface area (Å²) >= 11 is 7.17. The molecular weight excluding hydrogens is 596 g/mol. The molecule has 0 bridgehead atoms. The summed E-state index contributed by atoms with van der Waals surface area (Å²) in [7, 11) is 0. The Morgan fingerprint density at radius 3 is 2.89 bits per heavy atom. The highest BCUT2D eigenvalue weighted by molar-refractivity contribution is 9.10. The number of hydrogen-bond donors (Lipinski definition) is 2. The molecule has 5 rings (SSSR count). The van der Waals surface area contributed by atoms with Crippen LogP contribution in [0.2, 0.25) is 0 Å². The maximum absolute atomic E-state index is 13.1. The topological polar surface area (TPSA) is 75.1 Å². The number of nitrogens with one attached hydrogen (secondary N) is 2. The third-order valence-corrected chi connectivity index (χ3v) is 7.96. The summed E-state index contributed by atoms with van der Waals surface area (Å²) in [4.78, 5) is 19.3. The fourth-order valence-electron chi connectivity index (χ4n) is 4.91. The molecule has 1 saturated heterocycles. The Balaban J connectivity index is 1.37. The lowest BCUT2D eigenvalue weighted by atomic mass is 9.89. The lowest BCUT2D eigenvalue weighted by Gasteiger charge is -2.33. The van der Waals surface area contributed by atoms with Crippen molar-refractivity contribution in [2.24, 2.45) is 5.92 Å². The molecule has 1 unspecified atom stereocenters. The Kier molecular flexibility index (Phi) is 8.41. The van der Waals surface area contributed by atoms with E-state index >= 15 is 0 Å². The second-order valence-electron chi connectivity index (χ2n) is 9.42. The van der Waals surface area contributed by atoms with Crippen LogP contribution in [0.5, 0.6) is 0 Å². The predicted molar refractivity (Wildman–Crippen MR) is 154 cm³/mol. The molecule has 2 aliphatic heterocycles. The third-order valence-electron chi connectivity index (χ3n) is 6.80. The number of carbonyl (C=O) groups excluding carboxylic acids is 1. The van der Waals surface area contributed by atoms with Gasteiger partial charge in [-0.2, -0.15) is 5.10 Å². The summed E-state index contributed by atoms with van der Waals surface area (Å²) < 4.78 is 3.98. The molecule has 7 nitrogen and oxygen atoms in total. The summed E-state index contributed by atoms with van der Waals surface area (Å²) in [5.74, 6) is 1.20. The molecule has 1 atom stereocenters. The fraction of sp³-hybridized carbons (Fsp3) is 0.321. The average Bonchev–Trinajstić information content (AvgIpc) is 3.31. The number of amides is 2. The van der Waals surface area contributed by atoms with Crippen molar-refractivity contribution in [2.45, 2.75) is 38.6 Å². The van der Waals surface area contributed by atoms with E-state index in [2.05, 4.69) is 70.8 Å². The molecule has 2 aromatic heterocycles. The van der Waals surface area contributed by atoms with E-state index in [4.69, 9.17) is 0 Å². The number of hydrogen-bond acceptors (Lipinski definition) is 4. The number of anilines is 1. The highest BCUT2D eigenvalue weighted by Gasteiger charge is 2.27. The number of likely N-dealkylation sites (tertiary alicyclic amines) is 1. The van der Waals surface area contributed by atoms with Crippen LogP contribution in [-0.4, -0.2) is 38.8 Å². The number of urea groups is 1. The summed E-state index contributed by atoms with van der Waals surface area (Å²) in [6, 6.07) is 11.7. The summed E-state index contributed by atoms with van der Waals surface area (Å²) in [5, 5.41) is 11.4. The number of pyridine rings is 1. The zero-order valence-corrected chi connectivity index (χ0v) is 23.7. The van der Waals surface area contributed by atoms with Crippen LogP contribution in [0.1, 0.15) is 36.9 Å². The van der Waals surface area contributed by atoms with Gasteiger partial charge in [-0.05, 0) is 89.5 Å². The lowest BCUT2D eigenvalue weighted by molar-refractivity contribution is 0.186. The van der Waals surface area contributed by atoms with E-state index in [1.165, 1.54) is 11.3 Å². The molecule has 1 fully saturated rings. The summed E-state index contributed by atoms with van der Waals surface area (Å²) in [6.45, 7) is 2.10. The van der Waals surface area contributed by atoms with Gasteiger partial charge in [-0.15, -0.1) is 0 Å². The van der Waals surface area contributed by atoms with Gasteiger partial charge in [0.2, 0.25) is 0 Å². The van der Waals surface area contributed by atoms with Crippen LogP contribution in [-0.2, 0) is 13.0 Å². The standard InChI is InChI=1S/C28H30Br2N6O/c29-23-9-3-10-24(15-23)34-28(37)35-13-5-8-22(19-35)21-7-1-2-11-26-25(30)18-33-36(26)27(14-21)32-17-20-6-4-12-31-16-20/h3-4,6-7,9-10,12,14-16,18,22,32H,1-2,5,8,11,13,17,19H2,(H,34,37)/b21-7-,27-14-. The van der Waals surface area contributed by atoms with Crippen LogP contribution in [0.4, 0.5) is 10.5 Å². The number of allylic oxidation sites excluding steroid dienone is 2. The smallest absolute Gasteiger partial charge is 0.321 e. The van der Waals surface area contributed by atoms with E-state index in [0.717, 1.165) is 64.7 Å². The van der Waals surface area contributed by atoms with Crippen LogP contribution in [0.3, 0.4) is 0 Å². The van der Waals surface area contributed by atoms with Crippen LogP contribution in [0.25, 0.3) is 5.82 Å². The van der Waals surface area contributed by atoms with Crippen LogP contribution in [0, 0.1) is 5.92 Å². The Morgan fingerprint density at radius 1 is 1.14 bits per heavy atom. The van der Waals surface area contributed by atoms with Crippen LogP contribution >= 0.6 is 31.9 Å². The number of carbonyl (C=O) groups is 1. The third kappa shape index (κ3) is 6.51. The van der Waals surface area contributed by atoms with Gasteiger partial charge in [-0.3, -0.25) is 4.98 Å². The minimum Gasteiger partial charge on any atom is -0.366 e. The summed E-state index contributed by atoms with van der Waals surface area (Å²) in [6.07, 6.45) is 15.1. The minimum absolute atomic E-state index is 0.0522. The van der Waals surface area contributed by atoms with Gasteiger partial charge in [0.1, 0.15) is 5.82 Å². The van der Waals surface area contributed by atoms with Gasteiger partial charge in [0.25, 0.3) is 0 Å². The number of nitrogens with zero attached hydrogens (tertiary/aromatic N) is 4. The molecule has 0 saturated carbocycles. The Hall–Kier alpha value is -2.91. The van der Waals surface area contributed by atoms with Gasteiger partial charge >= 0.3 is 6.03 Å². The quantitative estimate of drug-likeness (QED) is 0.335. The van der Waals surface area contributed by atoms with Gasteiger partial charge in [0.05, 0.1) is 16.4 Å². The zero-order chi connectivity index (χ0) is 25.6. The van der Waals surface area contributed by atoms with E-state index in [9.17, 15) is 4.79 Å². The second kappa shape index (κ2) is 12.1. The molecule has 192 valence electrons. The molecule has 2 amide bonds. The second-order valence-corrected chi connectivity index (χ2v) is 11.2. The first-order chi connectivity index (χ1) is 18.1. The SMILES string of the molecule is O=C(Nc1cccc(Br)c1)N1CCCC(C2=C\CCCc3c(Br)cnn3/C(NCc3cccnc3)=C\2)C1. The van der Waals surface area contributed by atoms with E-state index < -0.39 is 0 Å². The summed E-state index contributed by atoms with van der Waals surface area (Å²) in [5.41, 5.74) is 4.32. The maximum Gasteiger partial charge on any atom is 0.321 e. The van der Waals surface area contributed by atoms with E-state index in [-0.39, 0.29) is 11.9 Å². The average molecular weight is 626 g/mol. The number of fused-ring (bicyclic) bond motifs is 1. The normalized spacial score (nSPS) is 20.8. The molecule has 3 aromatic rings. The number of aromatic nitrogens is 3. The van der Waals surface area contributed by atoms with Gasteiger partial charge in [0.15, 0.2) is 0 Å². The van der Waals surface area contributed by atoms with E-state index in [1.54, 1.807) is 6.20 Å². The zero-order valence-electron chi connectivity index (χ0n) is 20.5. The molecule has 1 aromatic carbocycles. The van der Waals surface area contributed by atoms with E-state index in [0.29, 0.717) is 13.1 Å². The van der Waals surface area contributed by atoms with Crippen LogP contribution < -0.4 is 10.6 Å². The monoisotopic (exact) mass is 624 g/mol. The Labute approximate surface area is 234 Å². The molecule has 0 aliphatic carbocycles. The van der Waals surface area contributed by atoms with Crippen LogP contribution in [0.15, 0.2) is 81.7 Å². The Morgan fingerprint density at radius 2 is 2.05 bits per heavy atom. The maximum atomic E-state index is 13.1. The highest BCUT2D eigenvalue weighted by Crippen LogP contribution is 2.30. The van der Waals surface area contributed by atoms with Crippen molar-refractivity contribution in [1.29, 1.82) is 0 Å². The van der Waals surface area contributed by atoms with Crippen molar-refractivity contribution >= 4 is 49.4 Å². The highest BCUT2D eigenvalue weighted by atomic mass is 79.9. The van der Waals surface area contributed by atoms with Crippen molar-refractivity contribution in [1.82, 2.24) is 25.0 Å². The minimum atomic E-state index is -0.0522. The largest absolute Gasteiger partial charge is 0.366 e. The van der Waals surface area contributed by atoms with Crippen molar-refractivity contribution in [3.05, 3.63) is 92.9 Å². The lowest BCUT2D eigenvalue weighted by Crippen LogP contribution is -2.42. The first-order valence-corrected chi connectivity index (χ1v) is 14.2. The number of piperidine rings is 1. The van der Waals surface area contributed by atoms with Gasteiger partial charge < -0.3 is 15.5 Å². The number of rotatable bonds is 5. The van der Waals surface area contributed by atoms with Crippen molar-refractivity contribution in [3.63, 3.8) is 0 Å². The van der Waals surface area contributed by atoms with Gasteiger partial charge in [-0.25, -0.2) is 9.48 Å². The van der Waals surface area contributed by atoms with Crippen molar-refractivity contribution in [3.8, 4) is 0 Å². The molecule has 37 heavy (non-hydrogen) atoms. The first kappa shape index (κ1) is 25.7. The van der Waals surface area contributed by atoms with Gasteiger partial charge in [-0.1, -0.05) is 34.1 Å². The Bertz CT molecular complexity index is 1300. The molecule has 2 N–H and O–H groups in total. The van der Waals surface area contributed by atoms with Gasteiger partial charge in [0, 0.05) is 48.1 Å². The molecule has 4 heterocycles. The van der Waals surface area contributed by atoms with E-state index in [1.807, 2.05) is 52.3 Å². The molecular formula is C28H30Br2N6O. The number of halogens is 2. The van der Waals surface area contributed by atoms with Crippen molar-refractivity contribution < 1.29 is 4.79 Å². The number of benzene rings is 1. The van der Waals surface area contributed by atoms with Crippen molar-refractivity contribution in [2.75, 3.05) is 18.4 Å². The molecule has 2 aliphatic rings. The first-order valence-electron chi connectivity index (χ1n) is 12.7. The fourth-order valence-corrected chi connectivity index (χ4v) is 5.77. The molecule has 0 radical (unpaired) electrons.